The van der Waals surface area contributed by atoms with E-state index in [0.29, 0.717) is 11.3 Å². The molecule has 0 unspecified atom stereocenters. The van der Waals surface area contributed by atoms with Crippen LogP contribution in [-0.4, -0.2) is 0 Å². The molecule has 94 valence electrons. The number of hydrogen-bond acceptors (Lipinski definition) is 2. The molecule has 18 heavy (non-hydrogen) atoms. The Kier molecular flexibility index (Phi) is 3.93. The Labute approximate surface area is 112 Å². The van der Waals surface area contributed by atoms with E-state index < -0.39 is 5.82 Å². The lowest BCUT2D eigenvalue weighted by molar-refractivity contribution is 0.438. The van der Waals surface area contributed by atoms with Gasteiger partial charge in [-0.3, -0.25) is 0 Å². The molecule has 2 N–H and O–H groups in total. The van der Waals surface area contributed by atoms with E-state index in [-0.39, 0.29) is 22.6 Å². The standard InChI is InChI=1S/C13H10BrF2NO/c14-12-8(7-17)1-6-11(13(12)16)18-10-4-2-9(15)3-5-10/h1-6H,7,17H2. The van der Waals surface area contributed by atoms with Gasteiger partial charge in [-0.1, -0.05) is 6.07 Å². The highest BCUT2D eigenvalue weighted by molar-refractivity contribution is 9.10. The average molecular weight is 314 g/mol. The molecule has 2 nitrogen and oxygen atoms in total. The first-order valence-corrected chi connectivity index (χ1v) is 6.01. The Hall–Kier alpha value is -1.46. The second-order valence-corrected chi connectivity index (χ2v) is 4.40. The Morgan fingerprint density at radius 3 is 2.33 bits per heavy atom. The maximum Gasteiger partial charge on any atom is 0.180 e. The summed E-state index contributed by atoms with van der Waals surface area (Å²) in [5.74, 6) is -0.474. The van der Waals surface area contributed by atoms with Gasteiger partial charge in [-0.25, -0.2) is 8.78 Å². The van der Waals surface area contributed by atoms with E-state index in [0.717, 1.165) is 0 Å². The maximum atomic E-state index is 13.9. The SMILES string of the molecule is NCc1ccc(Oc2ccc(F)cc2)c(F)c1Br. The van der Waals surface area contributed by atoms with Crippen LogP contribution in [0.4, 0.5) is 8.78 Å². The monoisotopic (exact) mass is 313 g/mol. The smallest absolute Gasteiger partial charge is 0.180 e. The van der Waals surface area contributed by atoms with Gasteiger partial charge in [0.25, 0.3) is 0 Å². The van der Waals surface area contributed by atoms with Crippen LogP contribution in [0.1, 0.15) is 5.56 Å². The van der Waals surface area contributed by atoms with Crippen LogP contribution >= 0.6 is 15.9 Å². The Bertz CT molecular complexity index is 558. The van der Waals surface area contributed by atoms with Crippen molar-refractivity contribution >= 4 is 15.9 Å². The van der Waals surface area contributed by atoms with E-state index in [4.69, 9.17) is 10.5 Å². The van der Waals surface area contributed by atoms with Crippen molar-refractivity contribution in [1.82, 2.24) is 0 Å². The Morgan fingerprint density at radius 2 is 1.72 bits per heavy atom. The van der Waals surface area contributed by atoms with E-state index in [1.807, 2.05) is 0 Å². The van der Waals surface area contributed by atoms with Gasteiger partial charge in [0.1, 0.15) is 11.6 Å². The summed E-state index contributed by atoms with van der Waals surface area (Å²) in [5, 5.41) is 0. The van der Waals surface area contributed by atoms with Crippen LogP contribution in [0, 0.1) is 11.6 Å². The number of hydrogen-bond donors (Lipinski definition) is 1. The summed E-state index contributed by atoms with van der Waals surface area (Å²) in [6.45, 7) is 0.230. The highest BCUT2D eigenvalue weighted by Crippen LogP contribution is 2.31. The van der Waals surface area contributed by atoms with Crippen LogP contribution in [0.2, 0.25) is 0 Å². The third kappa shape index (κ3) is 2.68. The van der Waals surface area contributed by atoms with Crippen molar-refractivity contribution in [3.05, 3.63) is 58.1 Å². The molecule has 0 bridgehead atoms. The van der Waals surface area contributed by atoms with Gasteiger partial charge >= 0.3 is 0 Å². The van der Waals surface area contributed by atoms with Gasteiger partial charge in [-0.15, -0.1) is 0 Å². The molecule has 0 aromatic heterocycles. The highest BCUT2D eigenvalue weighted by atomic mass is 79.9. The minimum absolute atomic E-state index is 0.0608. The summed E-state index contributed by atoms with van der Waals surface area (Å²) >= 11 is 3.12. The van der Waals surface area contributed by atoms with Gasteiger partial charge in [0, 0.05) is 6.54 Å². The van der Waals surface area contributed by atoms with Crippen LogP contribution < -0.4 is 10.5 Å². The molecular weight excluding hydrogens is 304 g/mol. The Balaban J connectivity index is 2.29. The van der Waals surface area contributed by atoms with Crippen molar-refractivity contribution in [1.29, 1.82) is 0 Å². The first kappa shape index (κ1) is 13.0. The molecule has 2 aromatic rings. The van der Waals surface area contributed by atoms with Gasteiger partial charge in [0.15, 0.2) is 11.6 Å². The molecule has 0 atom stereocenters. The largest absolute Gasteiger partial charge is 0.454 e. The molecule has 0 aliphatic rings. The minimum atomic E-state index is -0.526. The van der Waals surface area contributed by atoms with Gasteiger partial charge in [0.05, 0.1) is 4.47 Å². The molecule has 0 saturated carbocycles. The second-order valence-electron chi connectivity index (χ2n) is 3.61. The highest BCUT2D eigenvalue weighted by Gasteiger charge is 2.12. The molecule has 0 saturated heterocycles. The molecule has 0 amide bonds. The molecule has 5 heteroatoms. The zero-order valence-corrected chi connectivity index (χ0v) is 10.9. The van der Waals surface area contributed by atoms with Crippen molar-refractivity contribution in [2.45, 2.75) is 6.54 Å². The summed E-state index contributed by atoms with van der Waals surface area (Å²) in [5.41, 5.74) is 6.11. The summed E-state index contributed by atoms with van der Waals surface area (Å²) in [6, 6.07) is 8.52. The lowest BCUT2D eigenvalue weighted by Crippen LogP contribution is -2.00. The van der Waals surface area contributed by atoms with Gasteiger partial charge in [-0.2, -0.15) is 0 Å². The van der Waals surface area contributed by atoms with Crippen molar-refractivity contribution in [2.24, 2.45) is 5.73 Å². The number of halogens is 3. The predicted molar refractivity (Wildman–Crippen MR) is 68.5 cm³/mol. The minimum Gasteiger partial charge on any atom is -0.454 e. The number of ether oxygens (including phenoxy) is 1. The number of rotatable bonds is 3. The quantitative estimate of drug-likeness (QED) is 0.930. The molecule has 0 spiro atoms. The third-order valence-electron chi connectivity index (χ3n) is 2.39. The molecule has 0 heterocycles. The zero-order valence-electron chi connectivity index (χ0n) is 9.29. The molecule has 0 aliphatic heterocycles. The van der Waals surface area contributed by atoms with Crippen molar-refractivity contribution < 1.29 is 13.5 Å². The van der Waals surface area contributed by atoms with Crippen LogP contribution in [0.5, 0.6) is 11.5 Å². The van der Waals surface area contributed by atoms with Crippen LogP contribution in [0.3, 0.4) is 0 Å². The fourth-order valence-electron chi connectivity index (χ4n) is 1.44. The average Bonchev–Trinajstić information content (AvgIpc) is 2.38. The van der Waals surface area contributed by atoms with Gasteiger partial charge < -0.3 is 10.5 Å². The zero-order chi connectivity index (χ0) is 13.1. The Morgan fingerprint density at radius 1 is 1.06 bits per heavy atom. The van der Waals surface area contributed by atoms with Crippen LogP contribution in [0.15, 0.2) is 40.9 Å². The van der Waals surface area contributed by atoms with E-state index in [1.165, 1.54) is 30.3 Å². The lowest BCUT2D eigenvalue weighted by atomic mass is 10.2. The van der Waals surface area contributed by atoms with E-state index >= 15 is 0 Å². The predicted octanol–water partition coefficient (Wildman–Crippen LogP) is 3.98. The molecule has 0 fully saturated rings. The fourth-order valence-corrected chi connectivity index (χ4v) is 1.93. The normalized spacial score (nSPS) is 10.4. The second kappa shape index (κ2) is 5.46. The summed E-state index contributed by atoms with van der Waals surface area (Å²) in [7, 11) is 0. The lowest BCUT2D eigenvalue weighted by Gasteiger charge is -2.10. The molecular formula is C13H10BrF2NO. The molecule has 0 radical (unpaired) electrons. The van der Waals surface area contributed by atoms with Gasteiger partial charge in [0.2, 0.25) is 0 Å². The molecule has 2 aromatic carbocycles. The first-order valence-electron chi connectivity index (χ1n) is 5.22. The summed E-state index contributed by atoms with van der Waals surface area (Å²) < 4.78 is 32.2. The van der Waals surface area contributed by atoms with Crippen LogP contribution in [0.25, 0.3) is 0 Å². The fraction of sp³-hybridized carbons (Fsp3) is 0.0769. The van der Waals surface area contributed by atoms with Gasteiger partial charge in [-0.05, 0) is 51.8 Å². The van der Waals surface area contributed by atoms with E-state index in [2.05, 4.69) is 15.9 Å². The van der Waals surface area contributed by atoms with Crippen molar-refractivity contribution in [2.75, 3.05) is 0 Å². The summed E-state index contributed by atoms with van der Waals surface area (Å²) in [4.78, 5) is 0. The number of benzene rings is 2. The third-order valence-corrected chi connectivity index (χ3v) is 3.25. The summed E-state index contributed by atoms with van der Waals surface area (Å²) in [6.07, 6.45) is 0. The van der Waals surface area contributed by atoms with Crippen LogP contribution in [-0.2, 0) is 6.54 Å². The van der Waals surface area contributed by atoms with Crippen molar-refractivity contribution in [3.63, 3.8) is 0 Å². The number of nitrogens with two attached hydrogens (primary N) is 1. The molecule has 2 rings (SSSR count). The molecule has 0 aliphatic carbocycles. The topological polar surface area (TPSA) is 35.2 Å². The van der Waals surface area contributed by atoms with E-state index in [1.54, 1.807) is 6.07 Å². The van der Waals surface area contributed by atoms with E-state index in [9.17, 15) is 8.78 Å². The van der Waals surface area contributed by atoms with Crippen molar-refractivity contribution in [3.8, 4) is 11.5 Å². The maximum absolute atomic E-state index is 13.9. The first-order chi connectivity index (χ1) is 8.61.